The van der Waals surface area contributed by atoms with Crippen molar-refractivity contribution >= 4 is 11.7 Å². The van der Waals surface area contributed by atoms with E-state index in [-0.39, 0.29) is 0 Å². The van der Waals surface area contributed by atoms with Gasteiger partial charge in [0.25, 0.3) is 0 Å². The Morgan fingerprint density at radius 2 is 1.57 bits per heavy atom. The quantitative estimate of drug-likeness (QED) is 0.914. The Kier molecular flexibility index (Phi) is 4.18. The first kappa shape index (κ1) is 14.4. The second-order valence-electron chi connectivity index (χ2n) is 6.51. The van der Waals surface area contributed by atoms with Crippen molar-refractivity contribution in [1.82, 2.24) is 0 Å². The largest absolute Gasteiger partial charge is 0.481 e. The zero-order chi connectivity index (χ0) is 14.7. The van der Waals surface area contributed by atoms with Crippen LogP contribution in [0.2, 0.25) is 0 Å². The monoisotopic (exact) mass is 287 g/mol. The molecule has 2 aliphatic rings. The first-order valence-electron chi connectivity index (χ1n) is 8.32. The van der Waals surface area contributed by atoms with E-state index in [1.807, 2.05) is 12.1 Å². The summed E-state index contributed by atoms with van der Waals surface area (Å²) in [6.45, 7) is 2.12. The fourth-order valence-corrected chi connectivity index (χ4v) is 4.04. The number of piperidine rings is 1. The van der Waals surface area contributed by atoms with E-state index in [2.05, 4.69) is 17.0 Å². The summed E-state index contributed by atoms with van der Waals surface area (Å²) in [5, 5.41) is 9.95. The summed E-state index contributed by atoms with van der Waals surface area (Å²) in [6.07, 6.45) is 8.52. The van der Waals surface area contributed by atoms with Crippen LogP contribution in [0.4, 0.5) is 5.69 Å². The van der Waals surface area contributed by atoms with Crippen molar-refractivity contribution in [3.63, 3.8) is 0 Å². The van der Waals surface area contributed by atoms with Crippen LogP contribution in [0.25, 0.3) is 0 Å². The van der Waals surface area contributed by atoms with Crippen molar-refractivity contribution < 1.29 is 9.90 Å². The van der Waals surface area contributed by atoms with Crippen molar-refractivity contribution in [3.8, 4) is 0 Å². The molecule has 3 rings (SSSR count). The molecule has 1 aliphatic carbocycles. The third-order valence-electron chi connectivity index (χ3n) is 5.23. The van der Waals surface area contributed by atoms with Crippen LogP contribution in [0.5, 0.6) is 0 Å². The average Bonchev–Trinajstić information content (AvgIpc) is 2.56. The molecule has 1 saturated carbocycles. The Morgan fingerprint density at radius 1 is 0.952 bits per heavy atom. The first-order valence-corrected chi connectivity index (χ1v) is 8.32. The van der Waals surface area contributed by atoms with E-state index in [0.717, 1.165) is 44.3 Å². The molecule has 0 amide bonds. The predicted octanol–water partition coefficient (Wildman–Crippen LogP) is 3.96. The van der Waals surface area contributed by atoms with Crippen LogP contribution in [0.15, 0.2) is 24.3 Å². The molecule has 1 saturated heterocycles. The Balaban J connectivity index is 2.01. The Bertz CT molecular complexity index is 500. The van der Waals surface area contributed by atoms with E-state index < -0.39 is 11.4 Å². The smallest absolute Gasteiger partial charge is 0.314 e. The molecule has 21 heavy (non-hydrogen) atoms. The number of nitrogens with zero attached hydrogens (tertiary/aromatic N) is 1. The van der Waals surface area contributed by atoms with Crippen LogP contribution in [0, 0.1) is 0 Å². The molecule has 3 heteroatoms. The minimum Gasteiger partial charge on any atom is -0.481 e. The van der Waals surface area contributed by atoms with Gasteiger partial charge in [-0.2, -0.15) is 0 Å². The van der Waals surface area contributed by atoms with Gasteiger partial charge < -0.3 is 10.0 Å². The van der Waals surface area contributed by atoms with E-state index in [4.69, 9.17) is 0 Å². The summed E-state index contributed by atoms with van der Waals surface area (Å²) < 4.78 is 0. The molecule has 0 atom stereocenters. The molecule has 3 nitrogen and oxygen atoms in total. The Labute approximate surface area is 127 Å². The van der Waals surface area contributed by atoms with Gasteiger partial charge in [-0.15, -0.1) is 0 Å². The maximum absolute atomic E-state index is 12.1. The molecule has 2 fully saturated rings. The summed E-state index contributed by atoms with van der Waals surface area (Å²) in [5.41, 5.74) is 1.56. The molecule has 0 radical (unpaired) electrons. The maximum Gasteiger partial charge on any atom is 0.314 e. The molecule has 0 aromatic heterocycles. The van der Waals surface area contributed by atoms with Crippen molar-refractivity contribution in [1.29, 1.82) is 0 Å². The van der Waals surface area contributed by atoms with Gasteiger partial charge in [0.1, 0.15) is 0 Å². The van der Waals surface area contributed by atoms with Gasteiger partial charge in [-0.3, -0.25) is 4.79 Å². The highest BCUT2D eigenvalue weighted by Gasteiger charge is 2.43. The van der Waals surface area contributed by atoms with Gasteiger partial charge in [0.05, 0.1) is 5.41 Å². The lowest BCUT2D eigenvalue weighted by atomic mass is 9.68. The topological polar surface area (TPSA) is 40.5 Å². The molecule has 0 bridgehead atoms. The van der Waals surface area contributed by atoms with Gasteiger partial charge in [0, 0.05) is 18.8 Å². The van der Waals surface area contributed by atoms with Crippen molar-refractivity contribution in [2.75, 3.05) is 18.0 Å². The molecule has 0 unspecified atom stereocenters. The van der Waals surface area contributed by atoms with E-state index in [1.54, 1.807) is 0 Å². The average molecular weight is 287 g/mol. The van der Waals surface area contributed by atoms with Crippen molar-refractivity contribution in [2.45, 2.75) is 56.8 Å². The van der Waals surface area contributed by atoms with Gasteiger partial charge in [-0.25, -0.2) is 0 Å². The molecule has 1 aromatic carbocycles. The number of rotatable bonds is 3. The van der Waals surface area contributed by atoms with E-state index in [1.165, 1.54) is 31.4 Å². The minimum absolute atomic E-state index is 0.633. The van der Waals surface area contributed by atoms with Crippen molar-refractivity contribution in [3.05, 3.63) is 29.8 Å². The van der Waals surface area contributed by atoms with Crippen LogP contribution in [0.1, 0.15) is 56.9 Å². The van der Waals surface area contributed by atoms with Gasteiger partial charge in [-0.1, -0.05) is 37.5 Å². The number of carbonyl (C=O) groups is 1. The molecule has 1 aliphatic heterocycles. The summed E-state index contributed by atoms with van der Waals surface area (Å²) >= 11 is 0. The number of hydrogen-bond acceptors (Lipinski definition) is 2. The second-order valence-corrected chi connectivity index (χ2v) is 6.51. The van der Waals surface area contributed by atoms with Crippen LogP contribution in [-0.2, 0) is 10.2 Å². The maximum atomic E-state index is 12.1. The Hall–Kier alpha value is -1.51. The number of para-hydroxylation sites is 1. The fraction of sp³-hybridized carbons (Fsp3) is 0.611. The minimum atomic E-state index is -0.660. The fourth-order valence-electron chi connectivity index (χ4n) is 4.04. The van der Waals surface area contributed by atoms with Gasteiger partial charge in [0.15, 0.2) is 0 Å². The highest BCUT2D eigenvalue weighted by molar-refractivity contribution is 5.84. The SMILES string of the molecule is O=C(O)C1(c2ccccc2N2CCCCC2)CCCCC1. The van der Waals surface area contributed by atoms with E-state index >= 15 is 0 Å². The summed E-state index contributed by atoms with van der Waals surface area (Å²) in [4.78, 5) is 14.5. The summed E-state index contributed by atoms with van der Waals surface area (Å²) in [7, 11) is 0. The van der Waals surface area contributed by atoms with Gasteiger partial charge >= 0.3 is 5.97 Å². The highest BCUT2D eigenvalue weighted by Crippen LogP contribution is 2.44. The molecular weight excluding hydrogens is 262 g/mol. The zero-order valence-corrected chi connectivity index (χ0v) is 12.7. The molecule has 1 N–H and O–H groups in total. The normalized spacial score (nSPS) is 22.0. The number of anilines is 1. The number of hydrogen-bond donors (Lipinski definition) is 1. The van der Waals surface area contributed by atoms with E-state index in [9.17, 15) is 9.90 Å². The summed E-state index contributed by atoms with van der Waals surface area (Å²) in [5.74, 6) is -0.633. The van der Waals surface area contributed by atoms with Crippen LogP contribution in [0.3, 0.4) is 0 Å². The zero-order valence-electron chi connectivity index (χ0n) is 12.7. The lowest BCUT2D eigenvalue weighted by molar-refractivity contribution is -0.145. The standard InChI is InChI=1S/C18H25NO2/c20-17(21)18(11-5-1-6-12-18)15-9-3-4-10-16(15)19-13-7-2-8-14-19/h3-4,9-10H,1-2,5-8,11-14H2,(H,20,21). The van der Waals surface area contributed by atoms with Crippen LogP contribution < -0.4 is 4.90 Å². The lowest BCUT2D eigenvalue weighted by Gasteiger charge is -2.38. The molecular formula is C18H25NO2. The predicted molar refractivity (Wildman–Crippen MR) is 84.9 cm³/mol. The van der Waals surface area contributed by atoms with Crippen LogP contribution in [-0.4, -0.2) is 24.2 Å². The first-order chi connectivity index (χ1) is 10.2. The third kappa shape index (κ3) is 2.66. The lowest BCUT2D eigenvalue weighted by Crippen LogP contribution is -2.40. The highest BCUT2D eigenvalue weighted by atomic mass is 16.4. The number of carboxylic acid groups (broad SMARTS) is 1. The molecule has 114 valence electrons. The van der Waals surface area contributed by atoms with Crippen LogP contribution >= 0.6 is 0 Å². The van der Waals surface area contributed by atoms with E-state index in [0.29, 0.717) is 0 Å². The number of carboxylic acids is 1. The molecule has 0 spiro atoms. The third-order valence-corrected chi connectivity index (χ3v) is 5.23. The number of aliphatic carboxylic acids is 1. The molecule has 1 heterocycles. The van der Waals surface area contributed by atoms with Gasteiger partial charge in [0.2, 0.25) is 0 Å². The second kappa shape index (κ2) is 6.08. The number of benzene rings is 1. The van der Waals surface area contributed by atoms with Crippen molar-refractivity contribution in [2.24, 2.45) is 0 Å². The van der Waals surface area contributed by atoms with Gasteiger partial charge in [-0.05, 0) is 43.7 Å². The summed E-state index contributed by atoms with van der Waals surface area (Å²) in [6, 6.07) is 8.23. The Morgan fingerprint density at radius 3 is 2.24 bits per heavy atom. The molecule has 1 aromatic rings.